The SMILES string of the molecule is CC.CCOC(=O)c1cnc(-c2cc3cc(OC)c(Br)cc3o2)o1. The number of ether oxygens (including phenoxy) is 2. The van der Waals surface area contributed by atoms with Crippen molar-refractivity contribution in [2.24, 2.45) is 0 Å². The van der Waals surface area contributed by atoms with E-state index in [0.717, 1.165) is 9.86 Å². The third-order valence-corrected chi connectivity index (χ3v) is 3.60. The van der Waals surface area contributed by atoms with Gasteiger partial charge in [0.1, 0.15) is 11.3 Å². The second kappa shape index (κ2) is 8.01. The summed E-state index contributed by atoms with van der Waals surface area (Å²) in [4.78, 5) is 15.6. The number of oxazole rings is 1. The highest BCUT2D eigenvalue weighted by Gasteiger charge is 2.18. The zero-order valence-electron chi connectivity index (χ0n) is 13.9. The van der Waals surface area contributed by atoms with Crippen LogP contribution in [-0.2, 0) is 4.74 Å². The molecule has 6 nitrogen and oxygen atoms in total. The minimum atomic E-state index is -0.554. The summed E-state index contributed by atoms with van der Waals surface area (Å²) in [5.74, 6) is 0.817. The van der Waals surface area contributed by atoms with Crippen LogP contribution in [0.2, 0.25) is 0 Å². The number of methoxy groups -OCH3 is 1. The molecule has 0 saturated carbocycles. The highest BCUT2D eigenvalue weighted by Crippen LogP contribution is 2.34. The Morgan fingerprint density at radius 1 is 1.25 bits per heavy atom. The third-order valence-electron chi connectivity index (χ3n) is 2.98. The van der Waals surface area contributed by atoms with Crippen LogP contribution in [0.1, 0.15) is 31.3 Å². The second-order valence-corrected chi connectivity index (χ2v) is 5.24. The van der Waals surface area contributed by atoms with Crippen LogP contribution >= 0.6 is 15.9 Å². The molecule has 0 fully saturated rings. The first-order chi connectivity index (χ1) is 11.6. The summed E-state index contributed by atoms with van der Waals surface area (Å²) >= 11 is 3.40. The molecule has 0 aliphatic heterocycles. The Balaban J connectivity index is 0.00000100. The normalized spacial score (nSPS) is 10.2. The zero-order chi connectivity index (χ0) is 17.7. The molecule has 1 aromatic carbocycles. The van der Waals surface area contributed by atoms with Gasteiger partial charge in [0.05, 0.1) is 24.4 Å². The van der Waals surface area contributed by atoms with Gasteiger partial charge in [-0.05, 0) is 41.1 Å². The molecule has 0 aliphatic carbocycles. The molecule has 0 spiro atoms. The van der Waals surface area contributed by atoms with Gasteiger partial charge in [0, 0.05) is 5.39 Å². The molecule has 7 heteroatoms. The number of carbonyl (C=O) groups is 1. The van der Waals surface area contributed by atoms with Crippen LogP contribution in [0.15, 0.2) is 37.7 Å². The van der Waals surface area contributed by atoms with Crippen LogP contribution in [0.4, 0.5) is 0 Å². The van der Waals surface area contributed by atoms with Crippen molar-refractivity contribution < 1.29 is 23.1 Å². The van der Waals surface area contributed by atoms with Gasteiger partial charge in [0.25, 0.3) is 5.89 Å². The summed E-state index contributed by atoms with van der Waals surface area (Å²) in [6, 6.07) is 5.40. The third kappa shape index (κ3) is 3.62. The van der Waals surface area contributed by atoms with Crippen LogP contribution < -0.4 is 4.74 Å². The first-order valence-electron chi connectivity index (χ1n) is 7.52. The molecule has 3 rings (SSSR count). The number of aromatic nitrogens is 1. The lowest BCUT2D eigenvalue weighted by molar-refractivity contribution is 0.0491. The van der Waals surface area contributed by atoms with Crippen LogP contribution in [0.5, 0.6) is 5.75 Å². The van der Waals surface area contributed by atoms with Crippen molar-refractivity contribution in [2.45, 2.75) is 20.8 Å². The van der Waals surface area contributed by atoms with Gasteiger partial charge in [-0.25, -0.2) is 9.78 Å². The van der Waals surface area contributed by atoms with Gasteiger partial charge in [-0.1, -0.05) is 13.8 Å². The van der Waals surface area contributed by atoms with E-state index in [2.05, 4.69) is 20.9 Å². The number of nitrogens with zero attached hydrogens (tertiary/aromatic N) is 1. The Morgan fingerprint density at radius 3 is 2.67 bits per heavy atom. The summed E-state index contributed by atoms with van der Waals surface area (Å²) < 4.78 is 21.9. The van der Waals surface area contributed by atoms with E-state index < -0.39 is 5.97 Å². The molecule has 2 heterocycles. The van der Waals surface area contributed by atoms with E-state index in [1.165, 1.54) is 6.20 Å². The molecule has 0 saturated heterocycles. The summed E-state index contributed by atoms with van der Waals surface area (Å²) in [6.45, 7) is 5.99. The molecule has 3 aromatic rings. The van der Waals surface area contributed by atoms with Crippen molar-refractivity contribution in [1.29, 1.82) is 0 Å². The number of furan rings is 1. The Kier molecular flexibility index (Phi) is 6.03. The lowest BCUT2D eigenvalue weighted by Gasteiger charge is -2.01. The topological polar surface area (TPSA) is 74.7 Å². The van der Waals surface area contributed by atoms with E-state index in [-0.39, 0.29) is 18.3 Å². The van der Waals surface area contributed by atoms with E-state index in [9.17, 15) is 4.79 Å². The standard InChI is InChI=1S/C15H12BrNO5.C2H6/c1-3-20-15(18)13-7-17-14(22-13)12-5-8-4-11(19-2)9(16)6-10(8)21-12;1-2/h4-7H,3H2,1-2H3;1-2H3. The number of fused-ring (bicyclic) bond motifs is 1. The quantitative estimate of drug-likeness (QED) is 0.574. The molecule has 0 bridgehead atoms. The number of halogens is 1. The van der Waals surface area contributed by atoms with Gasteiger partial charge < -0.3 is 18.3 Å². The number of esters is 1. The van der Waals surface area contributed by atoms with Gasteiger partial charge in [0.2, 0.25) is 5.76 Å². The van der Waals surface area contributed by atoms with E-state index in [0.29, 0.717) is 17.1 Å². The van der Waals surface area contributed by atoms with E-state index in [1.54, 1.807) is 26.2 Å². The fraction of sp³-hybridized carbons (Fsp3) is 0.294. The van der Waals surface area contributed by atoms with Crippen LogP contribution in [0.3, 0.4) is 0 Å². The van der Waals surface area contributed by atoms with Crippen molar-refractivity contribution in [3.63, 3.8) is 0 Å². The summed E-state index contributed by atoms with van der Waals surface area (Å²) in [5.41, 5.74) is 0.651. The van der Waals surface area contributed by atoms with E-state index in [4.69, 9.17) is 18.3 Å². The molecule has 2 aromatic heterocycles. The van der Waals surface area contributed by atoms with Crippen molar-refractivity contribution in [1.82, 2.24) is 4.98 Å². The van der Waals surface area contributed by atoms with Crippen molar-refractivity contribution >= 4 is 32.9 Å². The Labute approximate surface area is 147 Å². The number of rotatable bonds is 4. The van der Waals surface area contributed by atoms with Crippen LogP contribution in [0.25, 0.3) is 22.6 Å². The van der Waals surface area contributed by atoms with Crippen molar-refractivity contribution in [2.75, 3.05) is 13.7 Å². The maximum Gasteiger partial charge on any atom is 0.375 e. The minimum Gasteiger partial charge on any atom is -0.496 e. The Hall–Kier alpha value is -2.28. The number of carbonyl (C=O) groups excluding carboxylic acids is 1. The average molecular weight is 396 g/mol. The molecule has 0 unspecified atom stereocenters. The predicted molar refractivity (Wildman–Crippen MR) is 93.3 cm³/mol. The average Bonchev–Trinajstić information content (AvgIpc) is 3.22. The molecule has 0 N–H and O–H groups in total. The Morgan fingerprint density at radius 2 is 2.00 bits per heavy atom. The smallest absolute Gasteiger partial charge is 0.375 e. The fourth-order valence-corrected chi connectivity index (χ4v) is 2.47. The zero-order valence-corrected chi connectivity index (χ0v) is 15.5. The highest BCUT2D eigenvalue weighted by atomic mass is 79.9. The Bertz CT molecular complexity index is 837. The lowest BCUT2D eigenvalue weighted by Crippen LogP contribution is -2.02. The monoisotopic (exact) mass is 395 g/mol. The number of benzene rings is 1. The molecule has 0 radical (unpaired) electrons. The van der Waals surface area contributed by atoms with Gasteiger partial charge in [-0.3, -0.25) is 0 Å². The first-order valence-corrected chi connectivity index (χ1v) is 8.32. The lowest BCUT2D eigenvalue weighted by atomic mass is 10.2. The summed E-state index contributed by atoms with van der Waals surface area (Å²) in [6.07, 6.45) is 1.32. The first kappa shape index (κ1) is 18.1. The molecular formula is C17H18BrNO5. The molecule has 128 valence electrons. The summed E-state index contributed by atoms with van der Waals surface area (Å²) in [7, 11) is 1.59. The number of hydrogen-bond donors (Lipinski definition) is 0. The predicted octanol–water partition coefficient (Wildman–Crippen LogP) is 5.06. The van der Waals surface area contributed by atoms with E-state index >= 15 is 0 Å². The van der Waals surface area contributed by atoms with Gasteiger partial charge in [0.15, 0.2) is 5.76 Å². The summed E-state index contributed by atoms with van der Waals surface area (Å²) in [5, 5.41) is 0.839. The van der Waals surface area contributed by atoms with Crippen molar-refractivity contribution in [3.05, 3.63) is 34.6 Å². The van der Waals surface area contributed by atoms with Crippen LogP contribution in [-0.4, -0.2) is 24.7 Å². The minimum absolute atomic E-state index is 0.0380. The fourth-order valence-electron chi connectivity index (χ4n) is 1.99. The van der Waals surface area contributed by atoms with Gasteiger partial charge >= 0.3 is 5.97 Å². The highest BCUT2D eigenvalue weighted by molar-refractivity contribution is 9.10. The van der Waals surface area contributed by atoms with Gasteiger partial charge in [-0.2, -0.15) is 0 Å². The second-order valence-electron chi connectivity index (χ2n) is 4.39. The maximum atomic E-state index is 11.6. The number of hydrogen-bond acceptors (Lipinski definition) is 6. The maximum absolute atomic E-state index is 11.6. The van der Waals surface area contributed by atoms with Crippen molar-refractivity contribution in [3.8, 4) is 17.4 Å². The van der Waals surface area contributed by atoms with Crippen LogP contribution in [0, 0.1) is 0 Å². The molecule has 0 atom stereocenters. The van der Waals surface area contributed by atoms with E-state index in [1.807, 2.05) is 19.9 Å². The molecule has 0 amide bonds. The largest absolute Gasteiger partial charge is 0.496 e. The van der Waals surface area contributed by atoms with Gasteiger partial charge in [-0.15, -0.1) is 0 Å². The molecule has 24 heavy (non-hydrogen) atoms. The molecular weight excluding hydrogens is 378 g/mol. The molecule has 0 aliphatic rings.